The van der Waals surface area contributed by atoms with Gasteiger partial charge in [-0.25, -0.2) is 9.97 Å². The van der Waals surface area contributed by atoms with Gasteiger partial charge in [0.1, 0.15) is 17.4 Å². The van der Waals surface area contributed by atoms with Crippen molar-refractivity contribution in [3.63, 3.8) is 0 Å². The highest BCUT2D eigenvalue weighted by Gasteiger charge is 2.17. The Kier molecular flexibility index (Phi) is 3.30. The van der Waals surface area contributed by atoms with Crippen LogP contribution in [-0.2, 0) is 6.42 Å². The zero-order valence-corrected chi connectivity index (χ0v) is 11.9. The summed E-state index contributed by atoms with van der Waals surface area (Å²) in [6.45, 7) is 4.90. The van der Waals surface area contributed by atoms with E-state index in [2.05, 4.69) is 35.9 Å². The summed E-state index contributed by atoms with van der Waals surface area (Å²) < 4.78 is 5.85. The van der Waals surface area contributed by atoms with E-state index in [1.807, 2.05) is 12.1 Å². The Bertz CT molecular complexity index is 638. The molecule has 0 spiro atoms. The molecular weight excluding hydrogens is 250 g/mol. The Hall–Kier alpha value is -2.10. The summed E-state index contributed by atoms with van der Waals surface area (Å²) in [6.07, 6.45) is 2.13. The molecule has 4 nitrogen and oxygen atoms in total. The zero-order valence-electron chi connectivity index (χ0n) is 11.9. The molecular formula is C16H19N3O. The predicted molar refractivity (Wildman–Crippen MR) is 79.8 cm³/mol. The van der Waals surface area contributed by atoms with E-state index in [1.165, 1.54) is 5.56 Å². The van der Waals surface area contributed by atoms with Crippen LogP contribution in [0.3, 0.4) is 0 Å². The van der Waals surface area contributed by atoms with Crippen molar-refractivity contribution in [2.24, 2.45) is 0 Å². The van der Waals surface area contributed by atoms with Gasteiger partial charge < -0.3 is 10.5 Å². The molecule has 20 heavy (non-hydrogen) atoms. The van der Waals surface area contributed by atoms with E-state index in [0.717, 1.165) is 42.3 Å². The molecule has 0 fully saturated rings. The van der Waals surface area contributed by atoms with Crippen LogP contribution in [0.15, 0.2) is 24.3 Å². The monoisotopic (exact) mass is 269 g/mol. The van der Waals surface area contributed by atoms with Crippen LogP contribution < -0.4 is 10.5 Å². The molecule has 1 aliphatic heterocycles. The van der Waals surface area contributed by atoms with E-state index in [1.54, 1.807) is 0 Å². The van der Waals surface area contributed by atoms with Gasteiger partial charge in [0, 0.05) is 17.5 Å². The summed E-state index contributed by atoms with van der Waals surface area (Å²) in [5.74, 6) is 2.48. The highest BCUT2D eigenvalue weighted by atomic mass is 16.5. The van der Waals surface area contributed by atoms with Crippen molar-refractivity contribution in [1.29, 1.82) is 0 Å². The number of nitrogens with two attached hydrogens (primary N) is 1. The van der Waals surface area contributed by atoms with Crippen LogP contribution >= 0.6 is 0 Å². The van der Waals surface area contributed by atoms with Crippen molar-refractivity contribution in [1.82, 2.24) is 9.97 Å². The first-order valence-electron chi connectivity index (χ1n) is 7.04. The highest BCUT2D eigenvalue weighted by Crippen LogP contribution is 2.36. The lowest BCUT2D eigenvalue weighted by Crippen LogP contribution is -2.10. The van der Waals surface area contributed by atoms with Crippen molar-refractivity contribution in [2.75, 3.05) is 12.3 Å². The first kappa shape index (κ1) is 12.9. The number of aromatic nitrogens is 2. The van der Waals surface area contributed by atoms with E-state index < -0.39 is 0 Å². The maximum Gasteiger partial charge on any atom is 0.133 e. The minimum atomic E-state index is 0.248. The molecule has 0 saturated carbocycles. The van der Waals surface area contributed by atoms with Gasteiger partial charge in [-0.05, 0) is 24.5 Å². The number of rotatable bonds is 2. The summed E-state index contributed by atoms with van der Waals surface area (Å²) >= 11 is 0. The lowest BCUT2D eigenvalue weighted by atomic mass is 10.0. The first-order chi connectivity index (χ1) is 9.65. The van der Waals surface area contributed by atoms with Crippen LogP contribution in [0.25, 0.3) is 11.3 Å². The Morgan fingerprint density at radius 1 is 1.25 bits per heavy atom. The fourth-order valence-corrected chi connectivity index (χ4v) is 2.47. The molecule has 0 amide bonds. The molecule has 104 valence electrons. The Morgan fingerprint density at radius 2 is 2.10 bits per heavy atom. The highest BCUT2D eigenvalue weighted by molar-refractivity contribution is 5.71. The minimum absolute atomic E-state index is 0.248. The van der Waals surface area contributed by atoms with E-state index >= 15 is 0 Å². The quantitative estimate of drug-likeness (QED) is 0.909. The standard InChI is InChI=1S/C16H19N3O/c1-10(2)16-18-13(9-14(17)19-16)12-7-3-5-11-6-4-8-20-15(11)12/h3,5,7,9-10H,4,6,8H2,1-2H3,(H2,17,18,19). The third kappa shape index (κ3) is 2.33. The van der Waals surface area contributed by atoms with Crippen molar-refractivity contribution in [3.8, 4) is 17.0 Å². The van der Waals surface area contributed by atoms with E-state index in [-0.39, 0.29) is 5.92 Å². The van der Waals surface area contributed by atoms with Crippen molar-refractivity contribution < 1.29 is 4.74 Å². The van der Waals surface area contributed by atoms with Crippen LogP contribution in [0.5, 0.6) is 5.75 Å². The summed E-state index contributed by atoms with van der Waals surface area (Å²) in [4.78, 5) is 8.94. The molecule has 4 heteroatoms. The number of hydrogen-bond acceptors (Lipinski definition) is 4. The second kappa shape index (κ2) is 5.12. The maximum atomic E-state index is 5.92. The fraction of sp³-hybridized carbons (Fsp3) is 0.375. The topological polar surface area (TPSA) is 61.0 Å². The summed E-state index contributed by atoms with van der Waals surface area (Å²) in [5, 5.41) is 0. The molecule has 2 aromatic rings. The maximum absolute atomic E-state index is 5.92. The SMILES string of the molecule is CC(C)c1nc(N)cc(-c2cccc3c2OCCC3)n1. The lowest BCUT2D eigenvalue weighted by molar-refractivity contribution is 0.289. The number of para-hydroxylation sites is 1. The largest absolute Gasteiger partial charge is 0.493 e. The van der Waals surface area contributed by atoms with Crippen LogP contribution in [0, 0.1) is 0 Å². The van der Waals surface area contributed by atoms with Gasteiger partial charge in [0.05, 0.1) is 12.3 Å². The molecule has 1 aromatic carbocycles. The molecule has 0 atom stereocenters. The van der Waals surface area contributed by atoms with Gasteiger partial charge in [0.25, 0.3) is 0 Å². The predicted octanol–water partition coefficient (Wildman–Crippen LogP) is 3.17. The number of ether oxygens (including phenoxy) is 1. The molecule has 1 aliphatic rings. The third-order valence-electron chi connectivity index (χ3n) is 3.49. The van der Waals surface area contributed by atoms with Gasteiger partial charge >= 0.3 is 0 Å². The van der Waals surface area contributed by atoms with Crippen LogP contribution in [0.4, 0.5) is 5.82 Å². The van der Waals surface area contributed by atoms with E-state index in [9.17, 15) is 0 Å². The molecule has 0 unspecified atom stereocenters. The van der Waals surface area contributed by atoms with E-state index in [0.29, 0.717) is 5.82 Å². The fourth-order valence-electron chi connectivity index (χ4n) is 2.47. The summed E-state index contributed by atoms with van der Waals surface area (Å²) in [7, 11) is 0. The Morgan fingerprint density at radius 3 is 2.90 bits per heavy atom. The summed E-state index contributed by atoms with van der Waals surface area (Å²) in [6, 6.07) is 8.03. The van der Waals surface area contributed by atoms with E-state index in [4.69, 9.17) is 10.5 Å². The number of hydrogen-bond donors (Lipinski definition) is 1. The van der Waals surface area contributed by atoms with Gasteiger partial charge in [-0.15, -0.1) is 0 Å². The normalized spacial score (nSPS) is 13.9. The molecule has 0 bridgehead atoms. The number of nitrogens with zero attached hydrogens (tertiary/aromatic N) is 2. The molecule has 1 aromatic heterocycles. The molecule has 0 saturated heterocycles. The van der Waals surface area contributed by atoms with Gasteiger partial charge in [-0.3, -0.25) is 0 Å². The Balaban J connectivity index is 2.14. The number of benzene rings is 1. The minimum Gasteiger partial charge on any atom is -0.493 e. The van der Waals surface area contributed by atoms with Gasteiger partial charge in [0.2, 0.25) is 0 Å². The lowest BCUT2D eigenvalue weighted by Gasteiger charge is -2.20. The smallest absolute Gasteiger partial charge is 0.133 e. The number of anilines is 1. The molecule has 0 aliphatic carbocycles. The van der Waals surface area contributed by atoms with Crippen LogP contribution in [0.1, 0.15) is 37.6 Å². The van der Waals surface area contributed by atoms with Crippen molar-refractivity contribution >= 4 is 5.82 Å². The molecule has 2 heterocycles. The average Bonchev–Trinajstić information content (AvgIpc) is 2.46. The summed E-state index contributed by atoms with van der Waals surface area (Å²) in [5.41, 5.74) is 9.03. The molecule has 0 radical (unpaired) electrons. The average molecular weight is 269 g/mol. The zero-order chi connectivity index (χ0) is 14.1. The molecule has 2 N–H and O–H groups in total. The van der Waals surface area contributed by atoms with Gasteiger partial charge in [0.15, 0.2) is 0 Å². The first-order valence-corrected chi connectivity index (χ1v) is 7.04. The van der Waals surface area contributed by atoms with Gasteiger partial charge in [-0.1, -0.05) is 26.0 Å². The van der Waals surface area contributed by atoms with Crippen LogP contribution in [0.2, 0.25) is 0 Å². The number of nitrogen functional groups attached to an aromatic ring is 1. The third-order valence-corrected chi connectivity index (χ3v) is 3.49. The van der Waals surface area contributed by atoms with Gasteiger partial charge in [-0.2, -0.15) is 0 Å². The number of fused-ring (bicyclic) bond motifs is 1. The van der Waals surface area contributed by atoms with Crippen molar-refractivity contribution in [3.05, 3.63) is 35.7 Å². The Labute approximate surface area is 119 Å². The second-order valence-electron chi connectivity index (χ2n) is 5.44. The second-order valence-corrected chi connectivity index (χ2v) is 5.44. The van der Waals surface area contributed by atoms with Crippen LogP contribution in [-0.4, -0.2) is 16.6 Å². The van der Waals surface area contributed by atoms with Crippen molar-refractivity contribution in [2.45, 2.75) is 32.6 Å². The number of aryl methyl sites for hydroxylation is 1. The molecule has 3 rings (SSSR count).